The predicted molar refractivity (Wildman–Crippen MR) is 346 cm³/mol. The Labute approximate surface area is 497 Å². The third-order valence-electron chi connectivity index (χ3n) is 15.4. The van der Waals surface area contributed by atoms with Gasteiger partial charge in [0, 0.05) is 48.7 Å². The van der Waals surface area contributed by atoms with Crippen molar-refractivity contribution in [3.63, 3.8) is 0 Å². The number of pyridine rings is 1. The fourth-order valence-electron chi connectivity index (χ4n) is 11.1. The maximum absolute atomic E-state index is 10.1. The van der Waals surface area contributed by atoms with Gasteiger partial charge in [-0.15, -0.1) is 0 Å². The van der Waals surface area contributed by atoms with E-state index in [-0.39, 0.29) is 53.8 Å². The van der Waals surface area contributed by atoms with Crippen LogP contribution in [0.3, 0.4) is 0 Å². The second-order valence-corrected chi connectivity index (χ2v) is 25.2. The minimum absolute atomic E-state index is 0.0802. The first-order valence-electron chi connectivity index (χ1n) is 33.9. The number of ether oxygens (including phenoxy) is 1. The molecule has 412 valence electrons. The van der Waals surface area contributed by atoms with E-state index in [2.05, 4.69) is 90.6 Å². The summed E-state index contributed by atoms with van der Waals surface area (Å²) in [5.41, 5.74) is 10.5. The number of hydrogen-bond acceptors (Lipinski definition) is 4. The molecule has 0 aliphatic carbocycles. The highest BCUT2D eigenvalue weighted by Gasteiger charge is 2.33. The summed E-state index contributed by atoms with van der Waals surface area (Å²) in [7, 11) is 0. The molecule has 0 unspecified atom stereocenters. The van der Waals surface area contributed by atoms with Crippen LogP contribution in [0.25, 0.3) is 61.0 Å². The van der Waals surface area contributed by atoms with Gasteiger partial charge in [0.2, 0.25) is 0 Å². The maximum atomic E-state index is 10.1. The molecule has 5 heteroatoms. The Morgan fingerprint density at radius 3 is 1.91 bits per heavy atom. The Bertz CT molecular complexity index is 4420. The number of anilines is 4. The van der Waals surface area contributed by atoms with Crippen LogP contribution < -0.4 is 14.5 Å². The van der Waals surface area contributed by atoms with Crippen molar-refractivity contribution in [2.24, 2.45) is 5.92 Å². The summed E-state index contributed by atoms with van der Waals surface area (Å²) < 4.78 is 101. The third kappa shape index (κ3) is 11.4. The first-order valence-corrected chi connectivity index (χ1v) is 28.9. The monoisotopic (exact) mass is 1080 g/mol. The van der Waals surface area contributed by atoms with E-state index in [1.807, 2.05) is 140 Å². The smallest absolute Gasteiger partial charge is 0.137 e. The van der Waals surface area contributed by atoms with E-state index in [1.165, 1.54) is 0 Å². The molecule has 0 spiro atoms. The predicted octanol–water partition coefficient (Wildman–Crippen LogP) is 21.4. The molecule has 1 aliphatic heterocycles. The lowest BCUT2D eigenvalue weighted by atomic mass is 9.78. The minimum atomic E-state index is -1.58. The van der Waals surface area contributed by atoms with Crippen molar-refractivity contribution in [2.75, 3.05) is 16.5 Å². The third-order valence-corrected chi connectivity index (χ3v) is 15.4. The van der Waals surface area contributed by atoms with Crippen molar-refractivity contribution in [2.45, 2.75) is 138 Å². The molecule has 3 heterocycles. The standard InChI is InChI=1S/C76H82N4O/c1-13-14-15-17-27-54-44-67-66-37-36-63(49-71(66)80(70(67)45-56(54)40-51(2)3)72-47-58(38-39-77-72)74(4,5)6)81-62-31-23-30-61(48-62)78-50-79(69-35-21-20-34-68(69)78)73-64(55-29-22-28-53(41-55)52-25-18-16-19-26-52)32-24-33-65(73)57-42-59(75(7,8)9)46-60(43-57)76(10,11)12/h16,18-26,28-39,41-49,51H,13-15,17,27,40,50H2,1-12H3/i16D,18D,19D,25D,26D,40D2,42D,43D,46D. The topological polar surface area (TPSA) is 33.5 Å². The molecule has 0 N–H and O–H groups in total. The van der Waals surface area contributed by atoms with Gasteiger partial charge in [-0.05, 0) is 158 Å². The highest BCUT2D eigenvalue weighted by molar-refractivity contribution is 6.10. The van der Waals surface area contributed by atoms with Crippen molar-refractivity contribution in [1.82, 2.24) is 9.55 Å². The van der Waals surface area contributed by atoms with Gasteiger partial charge in [-0.1, -0.05) is 205 Å². The van der Waals surface area contributed by atoms with Gasteiger partial charge in [-0.3, -0.25) is 4.57 Å². The fourth-order valence-corrected chi connectivity index (χ4v) is 11.1. The molecule has 0 radical (unpaired) electrons. The van der Waals surface area contributed by atoms with Crippen LogP contribution in [0, 0.1) is 5.92 Å². The molecule has 0 atom stereocenters. The lowest BCUT2D eigenvalue weighted by Crippen LogP contribution is -2.25. The van der Waals surface area contributed by atoms with Gasteiger partial charge in [0.1, 0.15) is 24.0 Å². The molecule has 5 nitrogen and oxygen atoms in total. The van der Waals surface area contributed by atoms with E-state index in [9.17, 15) is 6.85 Å². The summed E-state index contributed by atoms with van der Waals surface area (Å²) in [6.45, 7) is 25.0. The number of aromatic nitrogens is 2. The van der Waals surface area contributed by atoms with E-state index >= 15 is 0 Å². The molecule has 10 aromatic rings. The largest absolute Gasteiger partial charge is 0.457 e. The average molecular weight is 1080 g/mol. The van der Waals surface area contributed by atoms with Crippen LogP contribution in [0.5, 0.6) is 11.5 Å². The van der Waals surface area contributed by atoms with E-state index in [1.54, 1.807) is 6.07 Å². The number of nitrogens with zero attached hydrogens (tertiary/aromatic N) is 4. The highest BCUT2D eigenvalue weighted by atomic mass is 16.5. The summed E-state index contributed by atoms with van der Waals surface area (Å²) in [6, 6.07) is 42.5. The van der Waals surface area contributed by atoms with Crippen LogP contribution in [-0.2, 0) is 29.0 Å². The first-order chi connectivity index (χ1) is 42.9. The van der Waals surface area contributed by atoms with Crippen LogP contribution in [-0.4, -0.2) is 16.2 Å². The van der Waals surface area contributed by atoms with E-state index in [0.717, 1.165) is 93.5 Å². The number of fused-ring (bicyclic) bond motifs is 4. The Morgan fingerprint density at radius 1 is 0.556 bits per heavy atom. The van der Waals surface area contributed by atoms with Crippen LogP contribution >= 0.6 is 0 Å². The van der Waals surface area contributed by atoms with E-state index < -0.39 is 35.3 Å². The van der Waals surface area contributed by atoms with Gasteiger partial charge >= 0.3 is 0 Å². The Hall–Kier alpha value is -7.89. The molecular formula is C76H82N4O. The van der Waals surface area contributed by atoms with Gasteiger partial charge < -0.3 is 14.5 Å². The Kier molecular flexibility index (Phi) is 12.0. The number of benzene rings is 8. The first kappa shape index (κ1) is 43.9. The molecule has 0 amide bonds. The van der Waals surface area contributed by atoms with Crippen molar-refractivity contribution >= 4 is 44.6 Å². The maximum Gasteiger partial charge on any atom is 0.137 e. The summed E-state index contributed by atoms with van der Waals surface area (Å²) in [4.78, 5) is 9.42. The van der Waals surface area contributed by atoms with Crippen molar-refractivity contribution in [1.29, 1.82) is 0 Å². The summed E-state index contributed by atoms with van der Waals surface area (Å²) in [5.74, 6) is 1.67. The van der Waals surface area contributed by atoms with E-state index in [4.69, 9.17) is 16.6 Å². The van der Waals surface area contributed by atoms with Gasteiger partial charge in [-0.2, -0.15) is 0 Å². The molecule has 11 rings (SSSR count). The number of para-hydroxylation sites is 3. The Balaban J connectivity index is 1.06. The Morgan fingerprint density at radius 2 is 1.21 bits per heavy atom. The molecule has 0 fully saturated rings. The molecule has 0 saturated heterocycles. The van der Waals surface area contributed by atoms with Crippen LogP contribution in [0.2, 0.25) is 0 Å². The molecule has 0 saturated carbocycles. The van der Waals surface area contributed by atoms with Gasteiger partial charge in [0.05, 0.1) is 39.1 Å². The van der Waals surface area contributed by atoms with Crippen LogP contribution in [0.1, 0.15) is 150 Å². The van der Waals surface area contributed by atoms with Crippen molar-refractivity contribution < 1.29 is 18.4 Å². The SMILES string of the molecule is [2H]c1c([2H])c([2H])c(-c2cccc(-c3cccc(-c4c([2H])c(C(C)(C)C)c([2H])c(C(C)(C)C)c4[2H])c3N3CN(c4cccc(Oc5ccc6c7cc(CCCCCC)c(C([2H])([2H])C(C)C)cc7n(-c7cc(C(C)(C)C)ccn7)c6c5)c4)c4ccccc43)c2)c([2H])c1[2H]. The normalized spacial score (nSPS) is 14.9. The van der Waals surface area contributed by atoms with Gasteiger partial charge in [-0.25, -0.2) is 4.98 Å². The lowest BCUT2D eigenvalue weighted by molar-refractivity contribution is 0.483. The van der Waals surface area contributed by atoms with Crippen LogP contribution in [0.15, 0.2) is 188 Å². The molecule has 1 aliphatic rings. The van der Waals surface area contributed by atoms with Crippen LogP contribution in [0.4, 0.5) is 22.7 Å². The zero-order valence-corrected chi connectivity index (χ0v) is 49.3. The second-order valence-electron chi connectivity index (χ2n) is 25.2. The molecule has 81 heavy (non-hydrogen) atoms. The number of unbranched alkanes of at least 4 members (excludes halogenated alkanes) is 3. The lowest BCUT2D eigenvalue weighted by Gasteiger charge is -2.29. The minimum Gasteiger partial charge on any atom is -0.457 e. The van der Waals surface area contributed by atoms with Gasteiger partial charge in [0.25, 0.3) is 0 Å². The summed E-state index contributed by atoms with van der Waals surface area (Å²) >= 11 is 0. The average Bonchev–Trinajstić information content (AvgIpc) is 1.72. The second kappa shape index (κ2) is 22.2. The van der Waals surface area contributed by atoms with E-state index in [0.29, 0.717) is 56.1 Å². The number of aryl methyl sites for hydroxylation is 1. The molecule has 2 aromatic heterocycles. The summed E-state index contributed by atoms with van der Waals surface area (Å²) in [6.07, 6.45) is 5.37. The fraction of sp³-hybridized carbons (Fsp3) is 0.303. The zero-order valence-electron chi connectivity index (χ0n) is 59.3. The van der Waals surface area contributed by atoms with Gasteiger partial charge in [0.15, 0.2) is 0 Å². The van der Waals surface area contributed by atoms with Crippen molar-refractivity contribution in [3.05, 3.63) is 216 Å². The number of hydrogen-bond donors (Lipinski definition) is 0. The molecule has 8 aromatic carbocycles. The molecular weight excluding hydrogens is 985 g/mol. The number of rotatable bonds is 15. The summed E-state index contributed by atoms with van der Waals surface area (Å²) in [5, 5.41) is 2.04. The molecule has 0 bridgehead atoms. The zero-order chi connectivity index (χ0) is 65.6. The highest BCUT2D eigenvalue weighted by Crippen LogP contribution is 2.51. The quantitative estimate of drug-likeness (QED) is 0.0958. The van der Waals surface area contributed by atoms with Crippen molar-refractivity contribution in [3.8, 4) is 50.7 Å².